The van der Waals surface area contributed by atoms with Crippen molar-refractivity contribution in [2.75, 3.05) is 40.3 Å². The van der Waals surface area contributed by atoms with Crippen LogP contribution in [-0.2, 0) is 6.54 Å². The summed E-state index contributed by atoms with van der Waals surface area (Å²) in [5, 5.41) is 3.43. The zero-order valence-electron chi connectivity index (χ0n) is 19.3. The third-order valence-electron chi connectivity index (χ3n) is 6.08. The van der Waals surface area contributed by atoms with Gasteiger partial charge in [0.1, 0.15) is 0 Å². The lowest BCUT2D eigenvalue weighted by Gasteiger charge is -2.36. The largest absolute Gasteiger partial charge is 0.493 e. The minimum Gasteiger partial charge on any atom is -0.493 e. The highest BCUT2D eigenvalue weighted by Crippen LogP contribution is 2.32. The molecule has 0 atom stereocenters. The highest BCUT2D eigenvalue weighted by atomic mass is 127. The molecule has 0 unspecified atom stereocenters. The zero-order valence-corrected chi connectivity index (χ0v) is 21.6. The minimum atomic E-state index is -0.0652. The van der Waals surface area contributed by atoms with E-state index in [4.69, 9.17) is 13.9 Å². The topological polar surface area (TPSA) is 79.5 Å². The molecule has 2 heterocycles. The van der Waals surface area contributed by atoms with Crippen LogP contribution in [0.2, 0.25) is 0 Å². The number of halogens is 1. The molecule has 1 aromatic heterocycles. The van der Waals surface area contributed by atoms with E-state index in [0.29, 0.717) is 44.6 Å². The van der Waals surface area contributed by atoms with Gasteiger partial charge in [-0.2, -0.15) is 0 Å². The van der Waals surface area contributed by atoms with Gasteiger partial charge in [-0.05, 0) is 55.5 Å². The fourth-order valence-corrected chi connectivity index (χ4v) is 4.30. The number of nitrogens with zero attached hydrogens (tertiary/aromatic N) is 3. The van der Waals surface area contributed by atoms with Crippen LogP contribution in [0, 0.1) is 0 Å². The first-order chi connectivity index (χ1) is 15.7. The Morgan fingerprint density at radius 2 is 1.85 bits per heavy atom. The number of carbonyl (C=O) groups is 1. The molecule has 1 aromatic carbocycles. The molecule has 1 amide bonds. The lowest BCUT2D eigenvalue weighted by Crippen LogP contribution is -2.53. The number of rotatable bonds is 6. The number of nitrogens with one attached hydrogen (secondary N) is 1. The van der Waals surface area contributed by atoms with Crippen LogP contribution in [0.3, 0.4) is 0 Å². The second-order valence-electron chi connectivity index (χ2n) is 8.17. The van der Waals surface area contributed by atoms with Gasteiger partial charge in [0.2, 0.25) is 0 Å². The van der Waals surface area contributed by atoms with Gasteiger partial charge in [-0.1, -0.05) is 6.07 Å². The number of benzene rings is 1. The second kappa shape index (κ2) is 12.2. The molecule has 1 saturated heterocycles. The quantitative estimate of drug-likeness (QED) is 0.325. The predicted octanol–water partition coefficient (Wildman–Crippen LogP) is 3.76. The van der Waals surface area contributed by atoms with E-state index >= 15 is 0 Å². The number of aliphatic imine (C=N–C) groups is 1. The van der Waals surface area contributed by atoms with Crippen LogP contribution < -0.4 is 14.8 Å². The van der Waals surface area contributed by atoms with Gasteiger partial charge in [-0.3, -0.25) is 9.79 Å². The molecule has 0 spiro atoms. The number of carbonyl (C=O) groups excluding carboxylic acids is 1. The highest BCUT2D eigenvalue weighted by Gasteiger charge is 2.25. The molecule has 1 aliphatic heterocycles. The Morgan fingerprint density at radius 1 is 1.12 bits per heavy atom. The molecule has 1 aliphatic carbocycles. The average Bonchev–Trinajstić information content (AvgIpc) is 3.55. The lowest BCUT2D eigenvalue weighted by atomic mass is 10.2. The van der Waals surface area contributed by atoms with E-state index in [1.165, 1.54) is 19.1 Å². The maximum absolute atomic E-state index is 12.5. The number of methoxy groups -OCH3 is 1. The van der Waals surface area contributed by atoms with Gasteiger partial charge >= 0.3 is 0 Å². The lowest BCUT2D eigenvalue weighted by molar-refractivity contribution is 0.0657. The SMILES string of the molecule is CN=C(NCc1ccc(OC2CCCC2)c(OC)c1)N1CCN(C(=O)c2ccco2)CC1.I. The van der Waals surface area contributed by atoms with E-state index in [1.54, 1.807) is 26.3 Å². The Morgan fingerprint density at radius 3 is 2.48 bits per heavy atom. The molecule has 180 valence electrons. The summed E-state index contributed by atoms with van der Waals surface area (Å²) in [6.45, 7) is 3.30. The normalized spacial score (nSPS) is 17.0. The maximum atomic E-state index is 12.5. The highest BCUT2D eigenvalue weighted by molar-refractivity contribution is 14.0. The maximum Gasteiger partial charge on any atom is 0.289 e. The molecular formula is C24H33IN4O4. The van der Waals surface area contributed by atoms with Crippen LogP contribution >= 0.6 is 24.0 Å². The number of furan rings is 1. The summed E-state index contributed by atoms with van der Waals surface area (Å²) in [7, 11) is 3.46. The van der Waals surface area contributed by atoms with Crippen molar-refractivity contribution in [2.45, 2.75) is 38.3 Å². The Bertz CT molecular complexity index is 921. The smallest absolute Gasteiger partial charge is 0.289 e. The number of piperazine rings is 1. The summed E-state index contributed by atoms with van der Waals surface area (Å²) in [5.74, 6) is 2.71. The van der Waals surface area contributed by atoms with Crippen LogP contribution in [-0.4, -0.2) is 68.1 Å². The molecule has 4 rings (SSSR count). The van der Waals surface area contributed by atoms with E-state index in [1.807, 2.05) is 17.0 Å². The van der Waals surface area contributed by atoms with Gasteiger partial charge in [0.15, 0.2) is 23.2 Å². The van der Waals surface area contributed by atoms with Crippen molar-refractivity contribution >= 4 is 35.8 Å². The van der Waals surface area contributed by atoms with Crippen molar-refractivity contribution in [3.8, 4) is 11.5 Å². The third kappa shape index (κ3) is 6.33. The van der Waals surface area contributed by atoms with E-state index < -0.39 is 0 Å². The first kappa shape index (κ1) is 25.2. The van der Waals surface area contributed by atoms with Crippen LogP contribution in [0.25, 0.3) is 0 Å². The Balaban J connectivity index is 0.00000306. The zero-order chi connectivity index (χ0) is 22.3. The van der Waals surface area contributed by atoms with Crippen LogP contribution in [0.4, 0.5) is 0 Å². The summed E-state index contributed by atoms with van der Waals surface area (Å²) in [4.78, 5) is 20.9. The summed E-state index contributed by atoms with van der Waals surface area (Å²) in [5.41, 5.74) is 1.09. The molecule has 0 bridgehead atoms. The van der Waals surface area contributed by atoms with Gasteiger partial charge in [0.05, 0.1) is 19.5 Å². The van der Waals surface area contributed by atoms with E-state index in [0.717, 1.165) is 35.9 Å². The Kier molecular flexibility index (Phi) is 9.28. The summed E-state index contributed by atoms with van der Waals surface area (Å²) < 4.78 is 16.9. The van der Waals surface area contributed by atoms with Gasteiger partial charge in [0.25, 0.3) is 5.91 Å². The molecule has 2 aromatic rings. The molecule has 1 N–H and O–H groups in total. The third-order valence-corrected chi connectivity index (χ3v) is 6.08. The van der Waals surface area contributed by atoms with Gasteiger partial charge in [0, 0.05) is 39.8 Å². The first-order valence-electron chi connectivity index (χ1n) is 11.3. The molecule has 8 nitrogen and oxygen atoms in total. The summed E-state index contributed by atoms with van der Waals surface area (Å²) in [6.07, 6.45) is 6.52. The van der Waals surface area contributed by atoms with Crippen molar-refractivity contribution < 1.29 is 18.7 Å². The van der Waals surface area contributed by atoms with Crippen molar-refractivity contribution in [1.82, 2.24) is 15.1 Å². The first-order valence-corrected chi connectivity index (χ1v) is 11.3. The van der Waals surface area contributed by atoms with Gasteiger partial charge in [-0.15, -0.1) is 24.0 Å². The second-order valence-corrected chi connectivity index (χ2v) is 8.17. The fourth-order valence-electron chi connectivity index (χ4n) is 4.30. The molecule has 9 heteroatoms. The number of hydrogen-bond donors (Lipinski definition) is 1. The van der Waals surface area contributed by atoms with Crippen LogP contribution in [0.5, 0.6) is 11.5 Å². The standard InChI is InChI=1S/C24H32N4O4.HI/c1-25-24(28-13-11-27(12-14-28)23(29)21-8-5-15-31-21)26-17-18-9-10-20(22(16-18)30-2)32-19-6-3-4-7-19;/h5,8-10,15-16,19H,3-4,6-7,11-14,17H2,1-2H3,(H,25,26);1H. The molecule has 0 radical (unpaired) electrons. The molecule has 2 fully saturated rings. The number of ether oxygens (including phenoxy) is 2. The number of amides is 1. The Labute approximate surface area is 212 Å². The fraction of sp³-hybridized carbons (Fsp3) is 0.500. The Hall–Kier alpha value is -2.43. The summed E-state index contributed by atoms with van der Waals surface area (Å²) in [6, 6.07) is 9.51. The van der Waals surface area contributed by atoms with E-state index in [2.05, 4.69) is 21.3 Å². The average molecular weight is 568 g/mol. The molecule has 33 heavy (non-hydrogen) atoms. The minimum absolute atomic E-state index is 0. The summed E-state index contributed by atoms with van der Waals surface area (Å²) >= 11 is 0. The van der Waals surface area contributed by atoms with E-state index in [9.17, 15) is 4.79 Å². The van der Waals surface area contributed by atoms with E-state index in [-0.39, 0.29) is 29.9 Å². The predicted molar refractivity (Wildman–Crippen MR) is 138 cm³/mol. The molecular weight excluding hydrogens is 535 g/mol. The molecule has 1 saturated carbocycles. The van der Waals surface area contributed by atoms with Gasteiger partial charge < -0.3 is 29.0 Å². The van der Waals surface area contributed by atoms with Crippen molar-refractivity contribution in [1.29, 1.82) is 0 Å². The number of hydrogen-bond acceptors (Lipinski definition) is 5. The molecule has 2 aliphatic rings. The van der Waals surface area contributed by atoms with Gasteiger partial charge in [-0.25, -0.2) is 0 Å². The monoisotopic (exact) mass is 568 g/mol. The van der Waals surface area contributed by atoms with Crippen molar-refractivity contribution in [3.63, 3.8) is 0 Å². The van der Waals surface area contributed by atoms with Crippen molar-refractivity contribution in [3.05, 3.63) is 47.9 Å². The van der Waals surface area contributed by atoms with Crippen molar-refractivity contribution in [2.24, 2.45) is 4.99 Å². The van der Waals surface area contributed by atoms with Crippen LogP contribution in [0.15, 0.2) is 46.0 Å². The van der Waals surface area contributed by atoms with Crippen LogP contribution in [0.1, 0.15) is 41.8 Å². The number of guanidine groups is 1.